The van der Waals surface area contributed by atoms with E-state index in [-0.39, 0.29) is 0 Å². The van der Waals surface area contributed by atoms with E-state index in [2.05, 4.69) is 64.1 Å². The van der Waals surface area contributed by atoms with Gasteiger partial charge in [-0.2, -0.15) is 0 Å². The van der Waals surface area contributed by atoms with Gasteiger partial charge in [-0.05, 0) is 50.5 Å². The molecule has 0 aliphatic heterocycles. The Bertz CT molecular complexity index is 778. The van der Waals surface area contributed by atoms with Gasteiger partial charge in [0.15, 0.2) is 0 Å². The highest BCUT2D eigenvalue weighted by Gasteiger charge is 2.14. The Hall–Kier alpha value is -2.02. The van der Waals surface area contributed by atoms with Crippen LogP contribution in [0.25, 0.3) is 22.3 Å². The Kier molecular flexibility index (Phi) is 3.13. The summed E-state index contributed by atoms with van der Waals surface area (Å²) in [5.41, 5.74) is 7.33. The van der Waals surface area contributed by atoms with Crippen molar-refractivity contribution < 1.29 is 4.42 Å². The molecule has 0 saturated carbocycles. The lowest BCUT2D eigenvalue weighted by molar-refractivity contribution is 0.628. The van der Waals surface area contributed by atoms with Gasteiger partial charge in [0.1, 0.15) is 11.3 Å². The molecule has 0 unspecified atom stereocenters. The fourth-order valence-corrected chi connectivity index (χ4v) is 2.79. The van der Waals surface area contributed by atoms with E-state index in [0.29, 0.717) is 0 Å². The summed E-state index contributed by atoms with van der Waals surface area (Å²) in [6, 6.07) is 13.0. The molecule has 0 amide bonds. The molecule has 0 fully saturated rings. The summed E-state index contributed by atoms with van der Waals surface area (Å²) < 4.78 is 6.09. The number of aryl methyl sites for hydroxylation is 4. The molecule has 3 aromatic rings. The zero-order chi connectivity index (χ0) is 14.3. The summed E-state index contributed by atoms with van der Waals surface area (Å²) in [5, 5.41) is 1.22. The minimum Gasteiger partial charge on any atom is -0.456 e. The average molecular weight is 264 g/mol. The van der Waals surface area contributed by atoms with Crippen molar-refractivity contribution in [2.45, 2.75) is 34.1 Å². The van der Waals surface area contributed by atoms with Gasteiger partial charge in [-0.1, -0.05) is 36.8 Å². The monoisotopic (exact) mass is 264 g/mol. The molecule has 1 aromatic heterocycles. The molecule has 1 heteroatoms. The van der Waals surface area contributed by atoms with Gasteiger partial charge >= 0.3 is 0 Å². The van der Waals surface area contributed by atoms with Crippen LogP contribution in [0.5, 0.6) is 0 Å². The number of furan rings is 1. The second-order valence-corrected chi connectivity index (χ2v) is 5.56. The normalized spacial score (nSPS) is 11.2. The van der Waals surface area contributed by atoms with E-state index in [1.807, 2.05) is 0 Å². The molecule has 102 valence electrons. The van der Waals surface area contributed by atoms with E-state index in [1.54, 1.807) is 0 Å². The zero-order valence-electron chi connectivity index (χ0n) is 12.6. The predicted molar refractivity (Wildman–Crippen MR) is 85.2 cm³/mol. The van der Waals surface area contributed by atoms with Crippen molar-refractivity contribution in [2.24, 2.45) is 0 Å². The van der Waals surface area contributed by atoms with Crippen molar-refractivity contribution in [1.82, 2.24) is 0 Å². The standard InChI is InChI=1S/C19H20O/c1-5-15-7-8-16(13(3)11-15)19-14(4)17-10-12(2)6-9-18(17)20-19/h6-11H,5H2,1-4H3. The van der Waals surface area contributed by atoms with Gasteiger partial charge in [0.05, 0.1) is 0 Å². The van der Waals surface area contributed by atoms with Crippen LogP contribution in [0.2, 0.25) is 0 Å². The zero-order valence-corrected chi connectivity index (χ0v) is 12.6. The second-order valence-electron chi connectivity index (χ2n) is 5.56. The fourth-order valence-electron chi connectivity index (χ4n) is 2.79. The molecular formula is C19H20O. The first-order valence-corrected chi connectivity index (χ1v) is 7.19. The van der Waals surface area contributed by atoms with E-state index >= 15 is 0 Å². The Morgan fingerprint density at radius 3 is 2.45 bits per heavy atom. The summed E-state index contributed by atoms with van der Waals surface area (Å²) in [4.78, 5) is 0. The summed E-state index contributed by atoms with van der Waals surface area (Å²) in [6.07, 6.45) is 1.07. The van der Waals surface area contributed by atoms with Gasteiger partial charge in [-0.25, -0.2) is 0 Å². The lowest BCUT2D eigenvalue weighted by atomic mass is 9.99. The van der Waals surface area contributed by atoms with Gasteiger partial charge < -0.3 is 4.42 Å². The number of hydrogen-bond acceptors (Lipinski definition) is 1. The lowest BCUT2D eigenvalue weighted by Gasteiger charge is -2.06. The molecule has 0 saturated heterocycles. The number of benzene rings is 2. The molecule has 0 aliphatic rings. The summed E-state index contributed by atoms with van der Waals surface area (Å²) in [5.74, 6) is 1.01. The van der Waals surface area contributed by atoms with Crippen molar-refractivity contribution in [3.63, 3.8) is 0 Å². The molecule has 0 aliphatic carbocycles. The number of hydrogen-bond donors (Lipinski definition) is 0. The average Bonchev–Trinajstić information content (AvgIpc) is 2.76. The molecule has 0 radical (unpaired) electrons. The van der Waals surface area contributed by atoms with Crippen LogP contribution in [0.4, 0.5) is 0 Å². The first-order chi connectivity index (χ1) is 9.60. The topological polar surface area (TPSA) is 13.1 Å². The Labute approximate surface area is 120 Å². The third-order valence-corrected chi connectivity index (χ3v) is 4.04. The van der Waals surface area contributed by atoms with Crippen molar-refractivity contribution >= 4 is 11.0 Å². The van der Waals surface area contributed by atoms with Gasteiger partial charge in [0, 0.05) is 16.5 Å². The van der Waals surface area contributed by atoms with Gasteiger partial charge in [-0.3, -0.25) is 0 Å². The highest BCUT2D eigenvalue weighted by atomic mass is 16.3. The Morgan fingerprint density at radius 2 is 1.75 bits per heavy atom. The molecule has 0 bridgehead atoms. The SMILES string of the molecule is CCc1ccc(-c2oc3ccc(C)cc3c2C)c(C)c1. The molecule has 1 heterocycles. The highest BCUT2D eigenvalue weighted by molar-refractivity contribution is 5.88. The molecule has 0 atom stereocenters. The summed E-state index contributed by atoms with van der Waals surface area (Å²) >= 11 is 0. The summed E-state index contributed by atoms with van der Waals surface area (Å²) in [6.45, 7) is 8.61. The third kappa shape index (κ3) is 2.03. The Morgan fingerprint density at radius 1 is 0.950 bits per heavy atom. The van der Waals surface area contributed by atoms with Crippen LogP contribution in [0, 0.1) is 20.8 Å². The number of fused-ring (bicyclic) bond motifs is 1. The van der Waals surface area contributed by atoms with Gasteiger partial charge in [-0.15, -0.1) is 0 Å². The molecular weight excluding hydrogens is 244 g/mol. The van der Waals surface area contributed by atoms with Crippen LogP contribution in [0.3, 0.4) is 0 Å². The largest absolute Gasteiger partial charge is 0.456 e. The molecule has 3 rings (SSSR count). The minimum absolute atomic E-state index is 0.974. The van der Waals surface area contributed by atoms with Crippen molar-refractivity contribution in [2.75, 3.05) is 0 Å². The number of rotatable bonds is 2. The third-order valence-electron chi connectivity index (χ3n) is 4.04. The molecule has 20 heavy (non-hydrogen) atoms. The predicted octanol–water partition coefficient (Wildman–Crippen LogP) is 5.59. The summed E-state index contributed by atoms with van der Waals surface area (Å²) in [7, 11) is 0. The van der Waals surface area contributed by atoms with Crippen molar-refractivity contribution in [1.29, 1.82) is 0 Å². The van der Waals surface area contributed by atoms with E-state index in [9.17, 15) is 0 Å². The molecule has 0 spiro atoms. The quantitative estimate of drug-likeness (QED) is 0.588. The van der Waals surface area contributed by atoms with Gasteiger partial charge in [0.2, 0.25) is 0 Å². The van der Waals surface area contributed by atoms with Crippen LogP contribution in [-0.4, -0.2) is 0 Å². The second kappa shape index (κ2) is 4.82. The van der Waals surface area contributed by atoms with E-state index in [0.717, 1.165) is 17.8 Å². The van der Waals surface area contributed by atoms with Crippen LogP contribution < -0.4 is 0 Å². The van der Waals surface area contributed by atoms with Crippen molar-refractivity contribution in [3.8, 4) is 11.3 Å². The minimum atomic E-state index is 0.974. The van der Waals surface area contributed by atoms with Crippen LogP contribution in [0.15, 0.2) is 40.8 Å². The molecule has 2 aromatic carbocycles. The lowest BCUT2D eigenvalue weighted by Crippen LogP contribution is -1.87. The van der Waals surface area contributed by atoms with Crippen LogP contribution >= 0.6 is 0 Å². The maximum atomic E-state index is 6.09. The van der Waals surface area contributed by atoms with E-state index < -0.39 is 0 Å². The smallest absolute Gasteiger partial charge is 0.138 e. The van der Waals surface area contributed by atoms with Gasteiger partial charge in [0.25, 0.3) is 0 Å². The van der Waals surface area contributed by atoms with E-state index in [4.69, 9.17) is 4.42 Å². The molecule has 0 N–H and O–H groups in total. The van der Waals surface area contributed by atoms with Crippen LogP contribution in [-0.2, 0) is 6.42 Å². The van der Waals surface area contributed by atoms with Crippen LogP contribution in [0.1, 0.15) is 29.2 Å². The highest BCUT2D eigenvalue weighted by Crippen LogP contribution is 2.35. The fraction of sp³-hybridized carbons (Fsp3) is 0.263. The maximum absolute atomic E-state index is 6.09. The molecule has 1 nitrogen and oxygen atoms in total. The maximum Gasteiger partial charge on any atom is 0.138 e. The van der Waals surface area contributed by atoms with Crippen molar-refractivity contribution in [3.05, 3.63) is 58.7 Å². The first-order valence-electron chi connectivity index (χ1n) is 7.19. The first kappa shape index (κ1) is 13.0. The van der Waals surface area contributed by atoms with E-state index in [1.165, 1.54) is 33.2 Å². The Balaban J connectivity index is 2.22.